The van der Waals surface area contributed by atoms with Gasteiger partial charge in [-0.15, -0.1) is 0 Å². The number of ether oxygens (including phenoxy) is 4. The summed E-state index contributed by atoms with van der Waals surface area (Å²) in [5, 5.41) is 0. The van der Waals surface area contributed by atoms with Gasteiger partial charge in [0.15, 0.2) is 11.5 Å². The quantitative estimate of drug-likeness (QED) is 0.571. The Labute approximate surface area is 124 Å². The monoisotopic (exact) mass is 292 g/mol. The van der Waals surface area contributed by atoms with Gasteiger partial charge in [0.05, 0.1) is 21.3 Å². The van der Waals surface area contributed by atoms with Gasteiger partial charge < -0.3 is 18.9 Å². The molecule has 0 spiro atoms. The molecule has 1 aromatic carbocycles. The summed E-state index contributed by atoms with van der Waals surface area (Å²) in [6, 6.07) is 3.61. The zero-order valence-corrected chi connectivity index (χ0v) is 12.8. The summed E-state index contributed by atoms with van der Waals surface area (Å²) in [6.07, 6.45) is 3.53. The molecule has 0 atom stereocenters. The van der Waals surface area contributed by atoms with Crippen molar-refractivity contribution in [1.29, 1.82) is 0 Å². The minimum absolute atomic E-state index is 0.169. The van der Waals surface area contributed by atoms with Crippen molar-refractivity contribution in [2.75, 3.05) is 27.9 Å². The summed E-state index contributed by atoms with van der Waals surface area (Å²) < 4.78 is 20.7. The van der Waals surface area contributed by atoms with E-state index in [2.05, 4.69) is 6.58 Å². The predicted molar refractivity (Wildman–Crippen MR) is 80.9 cm³/mol. The van der Waals surface area contributed by atoms with Gasteiger partial charge in [-0.05, 0) is 30.7 Å². The first-order valence-corrected chi connectivity index (χ1v) is 6.32. The van der Waals surface area contributed by atoms with Crippen LogP contribution in [-0.2, 0) is 9.53 Å². The van der Waals surface area contributed by atoms with Crippen LogP contribution in [0, 0.1) is 0 Å². The van der Waals surface area contributed by atoms with Gasteiger partial charge in [-0.3, -0.25) is 0 Å². The summed E-state index contributed by atoms with van der Waals surface area (Å²) >= 11 is 0. The molecule has 0 aliphatic carbocycles. The zero-order valence-electron chi connectivity index (χ0n) is 12.8. The second-order valence-corrected chi connectivity index (χ2v) is 4.24. The van der Waals surface area contributed by atoms with Crippen molar-refractivity contribution in [2.45, 2.75) is 6.92 Å². The Hall–Kier alpha value is -2.43. The number of hydrogen-bond acceptors (Lipinski definition) is 5. The maximum atomic E-state index is 11.2. The number of esters is 1. The average Bonchev–Trinajstić information content (AvgIpc) is 2.49. The molecule has 5 heteroatoms. The Kier molecular flexibility index (Phi) is 6.33. The van der Waals surface area contributed by atoms with Gasteiger partial charge in [0, 0.05) is 5.57 Å². The van der Waals surface area contributed by atoms with Gasteiger partial charge in [-0.25, -0.2) is 4.79 Å². The molecule has 5 nitrogen and oxygen atoms in total. The third kappa shape index (κ3) is 4.56. The molecule has 0 aliphatic heterocycles. The van der Waals surface area contributed by atoms with E-state index in [0.29, 0.717) is 22.8 Å². The second-order valence-electron chi connectivity index (χ2n) is 4.24. The highest BCUT2D eigenvalue weighted by molar-refractivity contribution is 5.87. The summed E-state index contributed by atoms with van der Waals surface area (Å²) in [5.74, 6) is 1.25. The van der Waals surface area contributed by atoms with Crippen LogP contribution < -0.4 is 14.2 Å². The van der Waals surface area contributed by atoms with Crippen LogP contribution in [0.4, 0.5) is 0 Å². The predicted octanol–water partition coefficient (Wildman–Crippen LogP) is 2.84. The van der Waals surface area contributed by atoms with Gasteiger partial charge in [0.25, 0.3) is 0 Å². The SMILES string of the molecule is C=C(C)C(=O)OC/C=C/c1cc(OC)c(OC)c(OC)c1. The van der Waals surface area contributed by atoms with E-state index in [1.54, 1.807) is 52.5 Å². The number of methoxy groups -OCH3 is 3. The molecule has 1 aromatic rings. The Bertz CT molecular complexity index is 521. The van der Waals surface area contributed by atoms with Crippen LogP contribution in [-0.4, -0.2) is 33.9 Å². The van der Waals surface area contributed by atoms with Crippen molar-refractivity contribution in [3.8, 4) is 17.2 Å². The molecule has 1 rings (SSSR count). The van der Waals surface area contributed by atoms with E-state index >= 15 is 0 Å². The molecule has 0 N–H and O–H groups in total. The van der Waals surface area contributed by atoms with Crippen LogP contribution in [0.5, 0.6) is 17.2 Å². The standard InChI is InChI=1S/C16H20O5/c1-11(2)16(17)21-8-6-7-12-9-13(18-3)15(20-5)14(10-12)19-4/h6-7,9-10H,1,8H2,2-5H3/b7-6+. The Morgan fingerprint density at radius 1 is 1.14 bits per heavy atom. The van der Waals surface area contributed by atoms with Crippen LogP contribution in [0.1, 0.15) is 12.5 Å². The van der Waals surface area contributed by atoms with Crippen LogP contribution >= 0.6 is 0 Å². The largest absolute Gasteiger partial charge is 0.493 e. The number of hydrogen-bond donors (Lipinski definition) is 0. The highest BCUT2D eigenvalue weighted by atomic mass is 16.5. The number of benzene rings is 1. The lowest BCUT2D eigenvalue weighted by molar-refractivity contribution is -0.137. The molecule has 0 saturated heterocycles. The molecule has 0 amide bonds. The first-order chi connectivity index (χ1) is 10.0. The van der Waals surface area contributed by atoms with Crippen molar-refractivity contribution in [1.82, 2.24) is 0 Å². The maximum absolute atomic E-state index is 11.2. The number of carbonyl (C=O) groups excluding carboxylic acids is 1. The molecule has 21 heavy (non-hydrogen) atoms. The molecule has 0 bridgehead atoms. The van der Waals surface area contributed by atoms with E-state index in [9.17, 15) is 4.79 Å². The number of rotatable bonds is 7. The van der Waals surface area contributed by atoms with Crippen LogP contribution in [0.3, 0.4) is 0 Å². The van der Waals surface area contributed by atoms with E-state index < -0.39 is 5.97 Å². The molecule has 0 heterocycles. The fourth-order valence-corrected chi connectivity index (χ4v) is 1.63. The smallest absolute Gasteiger partial charge is 0.333 e. The maximum Gasteiger partial charge on any atom is 0.333 e. The van der Waals surface area contributed by atoms with Gasteiger partial charge in [0.2, 0.25) is 5.75 Å². The third-order valence-electron chi connectivity index (χ3n) is 2.66. The summed E-state index contributed by atoms with van der Waals surface area (Å²) in [7, 11) is 4.66. The summed E-state index contributed by atoms with van der Waals surface area (Å²) in [6.45, 7) is 5.28. The molecule has 0 saturated carbocycles. The van der Waals surface area contributed by atoms with E-state index in [4.69, 9.17) is 18.9 Å². The molecule has 0 unspecified atom stereocenters. The van der Waals surface area contributed by atoms with Gasteiger partial charge >= 0.3 is 5.97 Å². The van der Waals surface area contributed by atoms with Crippen molar-refractivity contribution < 1.29 is 23.7 Å². The molecule has 0 aromatic heterocycles. The molecule has 0 radical (unpaired) electrons. The first kappa shape index (κ1) is 16.6. The Morgan fingerprint density at radius 3 is 2.14 bits per heavy atom. The minimum Gasteiger partial charge on any atom is -0.493 e. The summed E-state index contributed by atoms with van der Waals surface area (Å²) in [4.78, 5) is 11.2. The summed E-state index contributed by atoms with van der Waals surface area (Å²) in [5.41, 5.74) is 1.21. The molecular weight excluding hydrogens is 272 g/mol. The van der Waals surface area contributed by atoms with Crippen molar-refractivity contribution in [3.63, 3.8) is 0 Å². The van der Waals surface area contributed by atoms with Gasteiger partial charge in [0.1, 0.15) is 6.61 Å². The van der Waals surface area contributed by atoms with Crippen molar-refractivity contribution >= 4 is 12.0 Å². The Morgan fingerprint density at radius 2 is 1.71 bits per heavy atom. The van der Waals surface area contributed by atoms with E-state index in [1.807, 2.05) is 0 Å². The highest BCUT2D eigenvalue weighted by Gasteiger charge is 2.11. The molecule has 0 fully saturated rings. The van der Waals surface area contributed by atoms with E-state index in [0.717, 1.165) is 5.56 Å². The Balaban J connectivity index is 2.84. The van der Waals surface area contributed by atoms with Crippen LogP contribution in [0.2, 0.25) is 0 Å². The highest BCUT2D eigenvalue weighted by Crippen LogP contribution is 2.38. The fourth-order valence-electron chi connectivity index (χ4n) is 1.63. The van der Waals surface area contributed by atoms with E-state index in [1.165, 1.54) is 0 Å². The van der Waals surface area contributed by atoms with Gasteiger partial charge in [-0.2, -0.15) is 0 Å². The van der Waals surface area contributed by atoms with E-state index in [-0.39, 0.29) is 6.61 Å². The molecule has 114 valence electrons. The van der Waals surface area contributed by atoms with Crippen molar-refractivity contribution in [3.05, 3.63) is 35.9 Å². The minimum atomic E-state index is -0.412. The third-order valence-corrected chi connectivity index (χ3v) is 2.66. The lowest BCUT2D eigenvalue weighted by Crippen LogP contribution is -2.04. The average molecular weight is 292 g/mol. The molecular formula is C16H20O5. The topological polar surface area (TPSA) is 54.0 Å². The number of carbonyl (C=O) groups is 1. The van der Waals surface area contributed by atoms with Crippen molar-refractivity contribution in [2.24, 2.45) is 0 Å². The lowest BCUT2D eigenvalue weighted by Gasteiger charge is -2.12. The fraction of sp³-hybridized carbons (Fsp3) is 0.312. The molecule has 0 aliphatic rings. The second kappa shape index (κ2) is 7.99. The lowest BCUT2D eigenvalue weighted by atomic mass is 10.1. The van der Waals surface area contributed by atoms with Gasteiger partial charge in [-0.1, -0.05) is 12.7 Å². The first-order valence-electron chi connectivity index (χ1n) is 6.32. The van der Waals surface area contributed by atoms with Crippen LogP contribution in [0.25, 0.3) is 6.08 Å². The normalized spacial score (nSPS) is 10.3. The zero-order chi connectivity index (χ0) is 15.8. The van der Waals surface area contributed by atoms with Crippen LogP contribution in [0.15, 0.2) is 30.4 Å².